The van der Waals surface area contributed by atoms with Gasteiger partial charge < -0.3 is 19.7 Å². The Morgan fingerprint density at radius 2 is 1.10 bits per heavy atom. The quantitative estimate of drug-likeness (QED) is 0.0472. The van der Waals surface area contributed by atoms with Crippen LogP contribution >= 0.6 is 0 Å². The van der Waals surface area contributed by atoms with E-state index in [9.17, 15) is 19.8 Å². The second-order valence-corrected chi connectivity index (χ2v) is 10.0. The molecule has 0 radical (unpaired) electrons. The van der Waals surface area contributed by atoms with E-state index in [4.69, 9.17) is 9.47 Å². The molecule has 6 heteroatoms. The van der Waals surface area contributed by atoms with Gasteiger partial charge in [0.1, 0.15) is 19.3 Å². The summed E-state index contributed by atoms with van der Waals surface area (Å²) in [5, 5.41) is 19.9. The molecule has 1 unspecified atom stereocenters. The van der Waals surface area contributed by atoms with E-state index in [0.717, 1.165) is 51.4 Å². The van der Waals surface area contributed by atoms with E-state index >= 15 is 0 Å². The highest BCUT2D eigenvalue weighted by Crippen LogP contribution is 2.09. The van der Waals surface area contributed by atoms with Crippen molar-refractivity contribution < 1.29 is 29.3 Å². The van der Waals surface area contributed by atoms with Crippen LogP contribution in [0.3, 0.4) is 0 Å². The molecule has 6 nitrogen and oxygen atoms in total. The van der Waals surface area contributed by atoms with Gasteiger partial charge in [-0.05, 0) is 44.9 Å². The highest BCUT2D eigenvalue weighted by molar-refractivity contribution is 5.69. The van der Waals surface area contributed by atoms with E-state index in [1.807, 2.05) is 12.2 Å². The lowest BCUT2D eigenvalue weighted by Crippen LogP contribution is -2.25. The Bertz CT molecular complexity index is 805. The molecule has 2 atom stereocenters. The van der Waals surface area contributed by atoms with Crippen molar-refractivity contribution in [2.75, 3.05) is 13.2 Å². The number of carbonyl (C=O) groups is 2. The molecule has 0 aliphatic heterocycles. The van der Waals surface area contributed by atoms with Crippen molar-refractivity contribution in [3.8, 4) is 0 Å². The van der Waals surface area contributed by atoms with Crippen molar-refractivity contribution in [3.63, 3.8) is 0 Å². The summed E-state index contributed by atoms with van der Waals surface area (Å²) in [6.07, 6.45) is 35.9. The van der Waals surface area contributed by atoms with Crippen LogP contribution in [0.15, 0.2) is 72.9 Å². The lowest BCUT2D eigenvalue weighted by atomic mass is 10.1. The van der Waals surface area contributed by atoms with E-state index in [0.29, 0.717) is 6.42 Å². The fourth-order valence-electron chi connectivity index (χ4n) is 3.66. The molecule has 0 saturated carbocycles. The third-order valence-electron chi connectivity index (χ3n) is 6.07. The van der Waals surface area contributed by atoms with E-state index < -0.39 is 18.2 Å². The predicted molar refractivity (Wildman–Crippen MR) is 169 cm³/mol. The van der Waals surface area contributed by atoms with Gasteiger partial charge in [0.2, 0.25) is 0 Å². The number of unbranched alkanes of at least 4 members (excludes halogenated alkanes) is 6. The van der Waals surface area contributed by atoms with E-state index in [1.165, 1.54) is 25.7 Å². The molecule has 0 bridgehead atoms. The second-order valence-electron chi connectivity index (χ2n) is 10.0. The van der Waals surface area contributed by atoms with Gasteiger partial charge in [0, 0.05) is 12.8 Å². The zero-order valence-electron chi connectivity index (χ0n) is 25.6. The van der Waals surface area contributed by atoms with Gasteiger partial charge in [-0.1, -0.05) is 125 Å². The SMILES string of the molecule is CC/C=C\C/C=C\C/C=C\C/C=C\C/C=C\C=C/C(O)CCC(=O)OC[C@H](O)COC(=O)CCCCCCCCC. The maximum atomic E-state index is 11.9. The Morgan fingerprint density at radius 1 is 0.610 bits per heavy atom. The van der Waals surface area contributed by atoms with Crippen molar-refractivity contribution in [3.05, 3.63) is 72.9 Å². The number of carbonyl (C=O) groups excluding carboxylic acids is 2. The number of ether oxygens (including phenoxy) is 2. The lowest BCUT2D eigenvalue weighted by molar-refractivity contribution is -0.152. The van der Waals surface area contributed by atoms with Gasteiger partial charge in [0.05, 0.1) is 6.10 Å². The van der Waals surface area contributed by atoms with Gasteiger partial charge in [-0.15, -0.1) is 0 Å². The molecule has 41 heavy (non-hydrogen) atoms. The minimum absolute atomic E-state index is 0.0297. The highest BCUT2D eigenvalue weighted by Gasteiger charge is 2.13. The molecule has 0 aromatic carbocycles. The summed E-state index contributed by atoms with van der Waals surface area (Å²) in [6.45, 7) is 3.89. The van der Waals surface area contributed by atoms with Gasteiger partial charge in [-0.25, -0.2) is 0 Å². The van der Waals surface area contributed by atoms with Crippen molar-refractivity contribution >= 4 is 11.9 Å². The molecule has 0 aromatic heterocycles. The van der Waals surface area contributed by atoms with Gasteiger partial charge in [-0.2, -0.15) is 0 Å². The summed E-state index contributed by atoms with van der Waals surface area (Å²) < 4.78 is 10.1. The van der Waals surface area contributed by atoms with Crippen LogP contribution < -0.4 is 0 Å². The molecule has 0 fully saturated rings. The fraction of sp³-hybridized carbons (Fsp3) is 0.600. The number of hydrogen-bond donors (Lipinski definition) is 2. The van der Waals surface area contributed by atoms with Crippen molar-refractivity contribution in [1.29, 1.82) is 0 Å². The highest BCUT2D eigenvalue weighted by atomic mass is 16.6. The topological polar surface area (TPSA) is 93.1 Å². The number of aliphatic hydroxyl groups is 2. The zero-order valence-corrected chi connectivity index (χ0v) is 25.6. The normalized spacial score (nSPS) is 14.0. The summed E-state index contributed by atoms with van der Waals surface area (Å²) in [5.41, 5.74) is 0. The van der Waals surface area contributed by atoms with Crippen LogP contribution in [-0.4, -0.2) is 47.6 Å². The molecule has 2 N–H and O–H groups in total. The van der Waals surface area contributed by atoms with Crippen LogP contribution in [0.5, 0.6) is 0 Å². The molecule has 0 heterocycles. The zero-order chi connectivity index (χ0) is 30.2. The maximum Gasteiger partial charge on any atom is 0.305 e. The molecular weight excluding hydrogens is 516 g/mol. The summed E-state index contributed by atoms with van der Waals surface area (Å²) in [7, 11) is 0. The van der Waals surface area contributed by atoms with Gasteiger partial charge >= 0.3 is 11.9 Å². The monoisotopic (exact) mass is 572 g/mol. The molecular formula is C35H56O6. The smallest absolute Gasteiger partial charge is 0.305 e. The van der Waals surface area contributed by atoms with Crippen molar-refractivity contribution in [1.82, 2.24) is 0 Å². The van der Waals surface area contributed by atoms with Crippen molar-refractivity contribution in [2.24, 2.45) is 0 Å². The average Bonchev–Trinajstić information content (AvgIpc) is 2.97. The van der Waals surface area contributed by atoms with E-state index in [1.54, 1.807) is 12.2 Å². The summed E-state index contributed by atoms with van der Waals surface area (Å²) in [4.78, 5) is 23.6. The minimum atomic E-state index is -1.06. The number of rotatable bonds is 26. The van der Waals surface area contributed by atoms with E-state index in [-0.39, 0.29) is 32.0 Å². The Morgan fingerprint density at radius 3 is 1.66 bits per heavy atom. The van der Waals surface area contributed by atoms with E-state index in [2.05, 4.69) is 62.5 Å². The van der Waals surface area contributed by atoms with Gasteiger partial charge in [-0.3, -0.25) is 9.59 Å². The van der Waals surface area contributed by atoms with Crippen LogP contribution in [0.1, 0.15) is 110 Å². The van der Waals surface area contributed by atoms with Crippen LogP contribution in [-0.2, 0) is 19.1 Å². The van der Waals surface area contributed by atoms with Crippen LogP contribution in [0.4, 0.5) is 0 Å². The molecule has 0 saturated heterocycles. The number of allylic oxidation sites excluding steroid dienone is 11. The minimum Gasteiger partial charge on any atom is -0.463 e. The summed E-state index contributed by atoms with van der Waals surface area (Å²) >= 11 is 0. The Kier molecular flexibility index (Phi) is 28.3. The third-order valence-corrected chi connectivity index (χ3v) is 6.07. The number of hydrogen-bond acceptors (Lipinski definition) is 6. The lowest BCUT2D eigenvalue weighted by Gasteiger charge is -2.12. The standard InChI is InChI=1S/C35H56O6/c1-3-5-7-9-11-12-13-14-15-16-17-18-19-21-22-24-26-32(36)28-29-35(39)41-31-33(37)30-40-34(38)27-25-23-20-10-8-6-4-2/h5,7,11-12,14-15,17-18,21-22,24,26,32-33,36-37H,3-4,6,8-10,13,16,19-20,23,25,27-31H2,1-2H3/b7-5-,12-11-,15-14-,18-17-,22-21-,26-24-/t32?,33-/m1/s1. The molecule has 232 valence electrons. The Balaban J connectivity index is 3.80. The predicted octanol–water partition coefficient (Wildman–Crippen LogP) is 8.02. The number of aliphatic hydroxyl groups excluding tert-OH is 2. The van der Waals surface area contributed by atoms with Crippen LogP contribution in [0.25, 0.3) is 0 Å². The Hall–Kier alpha value is -2.70. The molecule has 0 rings (SSSR count). The third kappa shape index (κ3) is 30.1. The average molecular weight is 573 g/mol. The fourth-order valence-corrected chi connectivity index (χ4v) is 3.66. The first-order valence-corrected chi connectivity index (χ1v) is 15.6. The van der Waals surface area contributed by atoms with Crippen LogP contribution in [0.2, 0.25) is 0 Å². The second kappa shape index (κ2) is 30.3. The molecule has 0 amide bonds. The van der Waals surface area contributed by atoms with Crippen molar-refractivity contribution in [2.45, 2.75) is 122 Å². The summed E-state index contributed by atoms with van der Waals surface area (Å²) in [5.74, 6) is -0.855. The molecule has 0 aliphatic carbocycles. The maximum absolute atomic E-state index is 11.9. The summed E-state index contributed by atoms with van der Waals surface area (Å²) in [6, 6.07) is 0. The van der Waals surface area contributed by atoms with Crippen LogP contribution in [0, 0.1) is 0 Å². The first-order valence-electron chi connectivity index (χ1n) is 15.6. The molecule has 0 aromatic rings. The largest absolute Gasteiger partial charge is 0.463 e. The number of esters is 2. The van der Waals surface area contributed by atoms with Gasteiger partial charge in [0.25, 0.3) is 0 Å². The first-order chi connectivity index (χ1) is 20.0. The molecule has 0 aliphatic rings. The molecule has 0 spiro atoms. The van der Waals surface area contributed by atoms with Gasteiger partial charge in [0.15, 0.2) is 0 Å². The Labute approximate surface area is 249 Å². The first kappa shape index (κ1) is 38.3.